The first-order chi connectivity index (χ1) is 24.3. The zero-order valence-electron chi connectivity index (χ0n) is 26.9. The second-order valence-corrected chi connectivity index (χ2v) is 14.3. The van der Waals surface area contributed by atoms with E-state index in [9.17, 15) is 24.3 Å². The number of aliphatic carboxylic acids is 1. The van der Waals surface area contributed by atoms with Crippen LogP contribution < -0.4 is 15.6 Å². The zero-order valence-corrected chi connectivity index (χ0v) is 29.4. The minimum atomic E-state index is -4.92. The van der Waals surface area contributed by atoms with Gasteiger partial charge in [0.25, 0.3) is 17.7 Å². The summed E-state index contributed by atoms with van der Waals surface area (Å²) in [6, 6.07) is 1.92. The fraction of sp³-hybridized carbons (Fsp3) is 0.483. The zero-order chi connectivity index (χ0) is 36.7. The first-order valence-electron chi connectivity index (χ1n) is 15.6. The maximum absolute atomic E-state index is 13.3. The number of aromatic nitrogens is 2. The number of thiazole rings is 1. The molecule has 2 aromatic heterocycles. The van der Waals surface area contributed by atoms with Gasteiger partial charge in [-0.3, -0.25) is 23.8 Å². The number of ether oxygens (including phenoxy) is 2. The van der Waals surface area contributed by atoms with E-state index in [-0.39, 0.29) is 58.9 Å². The molecule has 19 nitrogen and oxygen atoms in total. The number of nitrogens with one attached hydrogen (secondary N) is 1. The quantitative estimate of drug-likeness (QED) is 0.0421. The average Bonchev–Trinajstić information content (AvgIpc) is 3.78. The number of fused-ring (bicyclic) bond motifs is 1. The molecule has 51 heavy (non-hydrogen) atoms. The number of carbonyl (C=O) groups excluding carboxylic acids is 3. The van der Waals surface area contributed by atoms with Gasteiger partial charge in [0.15, 0.2) is 28.9 Å². The Hall–Kier alpha value is -4.35. The van der Waals surface area contributed by atoms with Crippen LogP contribution in [0.25, 0.3) is 0 Å². The van der Waals surface area contributed by atoms with Crippen molar-refractivity contribution in [1.82, 2.24) is 20.1 Å². The van der Waals surface area contributed by atoms with Gasteiger partial charge in [-0.25, -0.2) is 18.2 Å². The van der Waals surface area contributed by atoms with Crippen LogP contribution in [0.2, 0.25) is 0 Å². The van der Waals surface area contributed by atoms with Gasteiger partial charge >= 0.3 is 5.97 Å². The van der Waals surface area contributed by atoms with Crippen molar-refractivity contribution in [3.05, 3.63) is 47.1 Å². The third-order valence-corrected chi connectivity index (χ3v) is 9.82. The molecule has 2 aromatic rings. The summed E-state index contributed by atoms with van der Waals surface area (Å²) >= 11 is 2.48. The highest BCUT2D eigenvalue weighted by Gasteiger charge is 2.55. The van der Waals surface area contributed by atoms with Crippen LogP contribution in [0.3, 0.4) is 0 Å². The lowest BCUT2D eigenvalue weighted by Gasteiger charge is -2.49. The van der Waals surface area contributed by atoms with Gasteiger partial charge in [0.1, 0.15) is 36.2 Å². The summed E-state index contributed by atoms with van der Waals surface area (Å²) in [7, 11) is -4.92. The highest BCUT2D eigenvalue weighted by atomic mass is 32.3. The lowest BCUT2D eigenvalue weighted by molar-refractivity contribution is -0.685. The number of carbonyl (C=O) groups is 4. The molecule has 276 valence electrons. The van der Waals surface area contributed by atoms with Crippen molar-refractivity contribution in [1.29, 1.82) is 0 Å². The van der Waals surface area contributed by atoms with E-state index in [0.717, 1.165) is 46.8 Å². The summed E-state index contributed by atoms with van der Waals surface area (Å²) < 4.78 is 45.8. The standard InChI is InChI=1S/C29H33N7O8S2.H2O4S/c30-29-31-19(15-46-29)23(33-44-17-3-1-2-4-17)26(38)32-24-20-14-43-21(25(28(40)41)36(20)27(24)39)16-45-18-5-7-34(8-6-18)13-22(37)35-9-11-42-12-10-35;1-5(2,3)4/h5-8,15,17,20,24H,1-4,9-14,16H2,(H3-,30,31,32,38,40,41);(H2,1,2,3,4)/b33-23-;/t20-,24+;/m1./s1. The molecular weight excluding hydrogens is 735 g/mol. The molecule has 5 heterocycles. The lowest BCUT2D eigenvalue weighted by Crippen LogP contribution is -2.73. The van der Waals surface area contributed by atoms with E-state index in [1.54, 1.807) is 27.2 Å². The predicted molar refractivity (Wildman–Crippen MR) is 177 cm³/mol. The largest absolute Gasteiger partial charge is 0.726 e. The Bertz CT molecular complexity index is 1780. The predicted octanol–water partition coefficient (Wildman–Crippen LogP) is -0.646. The van der Waals surface area contributed by atoms with E-state index >= 15 is 0 Å². The minimum absolute atomic E-state index is 0.00347. The number of morpholine rings is 1. The van der Waals surface area contributed by atoms with Gasteiger partial charge in [-0.05, 0) is 25.7 Å². The van der Waals surface area contributed by atoms with E-state index in [2.05, 4.69) is 15.5 Å². The third-order valence-electron chi connectivity index (χ3n) is 8.13. The first-order valence-corrected chi connectivity index (χ1v) is 18.9. The van der Waals surface area contributed by atoms with E-state index in [1.807, 2.05) is 12.1 Å². The van der Waals surface area contributed by atoms with Gasteiger partial charge in [-0.15, -0.1) is 23.1 Å². The number of oxime groups is 1. The number of β-lactam (4-membered cyclic amide) rings is 1. The van der Waals surface area contributed by atoms with Gasteiger partial charge in [-0.2, -0.15) is 4.57 Å². The molecule has 3 fully saturated rings. The molecule has 1 saturated carbocycles. The highest BCUT2D eigenvalue weighted by Crippen LogP contribution is 2.35. The number of rotatable bonds is 11. The Morgan fingerprint density at radius 2 is 1.88 bits per heavy atom. The Kier molecular flexibility index (Phi) is 12.5. The van der Waals surface area contributed by atoms with Crippen molar-refractivity contribution in [2.24, 2.45) is 5.16 Å². The number of nitrogens with zero attached hydrogens (tertiary/aromatic N) is 5. The fourth-order valence-corrected chi connectivity index (χ4v) is 7.04. The molecule has 0 unspecified atom stereocenters. The molecule has 3 amide bonds. The van der Waals surface area contributed by atoms with E-state index < -0.39 is 40.3 Å². The van der Waals surface area contributed by atoms with Crippen LogP contribution in [0.4, 0.5) is 5.13 Å². The molecule has 0 spiro atoms. The summed E-state index contributed by atoms with van der Waals surface area (Å²) in [5.74, 6) is -2.24. The Morgan fingerprint density at radius 1 is 1.22 bits per heavy atom. The second kappa shape index (κ2) is 16.8. The maximum Gasteiger partial charge on any atom is 0.356 e. The van der Waals surface area contributed by atoms with Crippen LogP contribution in [-0.4, -0.2) is 124 Å². The number of nitrogen functional groups attached to an aromatic ring is 1. The molecule has 0 aromatic carbocycles. The maximum atomic E-state index is 13.3. The van der Waals surface area contributed by atoms with Crippen molar-refractivity contribution in [2.75, 3.05) is 44.4 Å². The van der Waals surface area contributed by atoms with Crippen LogP contribution in [0, 0.1) is 0 Å². The van der Waals surface area contributed by atoms with Gasteiger partial charge in [0.2, 0.25) is 16.9 Å². The van der Waals surface area contributed by atoms with Gasteiger partial charge in [0.05, 0.1) is 19.0 Å². The SMILES string of the molecule is Nc1nc(/C(=N/OC2CCCC2)C(=O)N[C@@H]2C(=O)N3C(C(=O)O)=C(CSc4cc[n+](CC(=O)N5CCOCC5)cc4)OC[C@H]23)cs1.O=S(=O)([O-])O. The number of carboxylic acids is 1. The van der Waals surface area contributed by atoms with Crippen LogP contribution in [0.1, 0.15) is 31.4 Å². The topological polar surface area (TPSA) is 267 Å². The normalized spacial score (nSPS) is 20.8. The number of pyridine rings is 1. The van der Waals surface area contributed by atoms with Crippen molar-refractivity contribution in [3.63, 3.8) is 0 Å². The summed E-state index contributed by atoms with van der Waals surface area (Å²) in [4.78, 5) is 64.9. The minimum Gasteiger partial charge on any atom is -0.726 e. The van der Waals surface area contributed by atoms with Crippen molar-refractivity contribution in [3.8, 4) is 0 Å². The van der Waals surface area contributed by atoms with Gasteiger partial charge < -0.3 is 39.9 Å². The lowest BCUT2D eigenvalue weighted by atomic mass is 9.92. The highest BCUT2D eigenvalue weighted by molar-refractivity contribution is 7.99. The molecule has 0 bridgehead atoms. The number of hydrogen-bond acceptors (Lipinski definition) is 15. The number of hydrogen-bond donors (Lipinski definition) is 4. The number of nitrogens with two attached hydrogens (primary N) is 1. The van der Waals surface area contributed by atoms with Crippen LogP contribution in [0.5, 0.6) is 0 Å². The Morgan fingerprint density at radius 3 is 2.49 bits per heavy atom. The van der Waals surface area contributed by atoms with Crippen LogP contribution in [0.15, 0.2) is 51.4 Å². The molecule has 2 atom stereocenters. The molecule has 4 aliphatic rings. The van der Waals surface area contributed by atoms with Gasteiger partial charge in [0, 0.05) is 35.5 Å². The van der Waals surface area contributed by atoms with Crippen molar-refractivity contribution >= 4 is 68.0 Å². The molecule has 1 aliphatic carbocycles. The van der Waals surface area contributed by atoms with Gasteiger partial charge in [-0.1, -0.05) is 5.16 Å². The fourth-order valence-electron chi connectivity index (χ4n) is 5.67. The number of anilines is 1. The second-order valence-electron chi connectivity index (χ2n) is 11.6. The van der Waals surface area contributed by atoms with E-state index in [4.69, 9.17) is 37.6 Å². The molecule has 0 radical (unpaired) electrons. The monoisotopic (exact) mass is 769 g/mol. The molecule has 6 rings (SSSR count). The summed E-state index contributed by atoms with van der Waals surface area (Å²) in [6.07, 6.45) is 7.16. The molecule has 3 aliphatic heterocycles. The van der Waals surface area contributed by atoms with Crippen molar-refractivity contribution in [2.45, 2.75) is 55.3 Å². The first kappa shape index (κ1) is 37.9. The molecule has 2 saturated heterocycles. The summed E-state index contributed by atoms with van der Waals surface area (Å²) in [6.45, 7) is 2.43. The van der Waals surface area contributed by atoms with E-state index in [0.29, 0.717) is 26.3 Å². The van der Waals surface area contributed by atoms with Crippen LogP contribution >= 0.6 is 23.1 Å². The number of thioether (sulfide) groups is 1. The Balaban J connectivity index is 0.000000943. The molecule has 5 N–H and O–H groups in total. The Labute approximate surface area is 300 Å². The van der Waals surface area contributed by atoms with Crippen LogP contribution in [-0.2, 0) is 50.4 Å². The average molecular weight is 770 g/mol. The summed E-state index contributed by atoms with van der Waals surface area (Å²) in [5.41, 5.74) is 5.63. The van der Waals surface area contributed by atoms with E-state index in [1.165, 1.54) is 11.8 Å². The smallest absolute Gasteiger partial charge is 0.356 e. The molecular formula is C29H35N7O12S3. The number of carboxylic acid groups (broad SMARTS) is 1. The summed E-state index contributed by atoms with van der Waals surface area (Å²) in [5, 5.41) is 18.6. The third kappa shape index (κ3) is 10.1. The molecule has 22 heteroatoms. The van der Waals surface area contributed by atoms with Crippen molar-refractivity contribution < 1.29 is 60.7 Å². The number of amides is 3.